The van der Waals surface area contributed by atoms with E-state index in [0.29, 0.717) is 0 Å². The molecule has 1 aromatic carbocycles. The van der Waals surface area contributed by atoms with E-state index in [1.54, 1.807) is 0 Å². The van der Waals surface area contributed by atoms with Crippen molar-refractivity contribution in [2.45, 2.75) is 18.4 Å². The molecule has 0 fully saturated rings. The molecule has 0 atom stereocenters. The molecule has 3 heteroatoms. The Morgan fingerprint density at radius 2 is 1.72 bits per heavy atom. The van der Waals surface area contributed by atoms with Crippen molar-refractivity contribution in [2.75, 3.05) is 7.05 Å². The number of halogens is 1. The highest BCUT2D eigenvalue weighted by atomic mass is 79.9. The summed E-state index contributed by atoms with van der Waals surface area (Å²) in [4.78, 5) is 6.61. The predicted octanol–water partition coefficient (Wildman–Crippen LogP) is 3.61. The molecular weight excluding hydrogens is 288 g/mol. The van der Waals surface area contributed by atoms with Crippen LogP contribution in [0.4, 0.5) is 0 Å². The minimum Gasteiger partial charge on any atom is -0.296 e. The van der Waals surface area contributed by atoms with E-state index >= 15 is 0 Å². The summed E-state index contributed by atoms with van der Waals surface area (Å²) in [6.07, 6.45) is 1.84. The molecular formula is C15H17BrN2. The number of aromatic nitrogens is 1. The van der Waals surface area contributed by atoms with E-state index in [-0.39, 0.29) is 0 Å². The lowest BCUT2D eigenvalue weighted by Crippen LogP contribution is -2.17. The van der Waals surface area contributed by atoms with E-state index in [1.807, 2.05) is 18.3 Å². The summed E-state index contributed by atoms with van der Waals surface area (Å²) in [5.41, 5.74) is 3.75. The van der Waals surface area contributed by atoms with Gasteiger partial charge in [-0.2, -0.15) is 0 Å². The standard InChI is InChI=1S/C15H17BrN2/c1-18(12-15-4-2-3-9-17-15)11-14-7-5-13(10-16)6-8-14/h2-9H,10-12H2,1H3. The highest BCUT2D eigenvalue weighted by molar-refractivity contribution is 9.08. The Kier molecular flexibility index (Phi) is 4.90. The molecule has 0 unspecified atom stereocenters. The number of pyridine rings is 1. The van der Waals surface area contributed by atoms with Crippen LogP contribution < -0.4 is 0 Å². The van der Waals surface area contributed by atoms with Crippen LogP contribution in [0.2, 0.25) is 0 Å². The molecule has 2 aromatic rings. The van der Waals surface area contributed by atoms with Crippen molar-refractivity contribution in [2.24, 2.45) is 0 Å². The highest BCUT2D eigenvalue weighted by Crippen LogP contribution is 2.10. The predicted molar refractivity (Wildman–Crippen MR) is 78.5 cm³/mol. The Hall–Kier alpha value is -1.19. The Labute approximate surface area is 117 Å². The van der Waals surface area contributed by atoms with Crippen LogP contribution in [0.15, 0.2) is 48.7 Å². The molecule has 0 aliphatic heterocycles. The molecule has 0 saturated carbocycles. The van der Waals surface area contributed by atoms with Crippen molar-refractivity contribution in [1.82, 2.24) is 9.88 Å². The Bertz CT molecular complexity index is 468. The SMILES string of the molecule is CN(Cc1ccc(CBr)cc1)Cc1ccccn1. The molecule has 0 amide bonds. The molecule has 1 aromatic heterocycles. The average Bonchev–Trinajstić information content (AvgIpc) is 2.40. The highest BCUT2D eigenvalue weighted by Gasteiger charge is 2.02. The first-order chi connectivity index (χ1) is 8.78. The minimum atomic E-state index is 0.876. The summed E-state index contributed by atoms with van der Waals surface area (Å²) in [6.45, 7) is 1.82. The first-order valence-electron chi connectivity index (χ1n) is 6.00. The maximum Gasteiger partial charge on any atom is 0.0543 e. The van der Waals surface area contributed by atoms with E-state index in [4.69, 9.17) is 0 Å². The molecule has 2 rings (SSSR count). The van der Waals surface area contributed by atoms with Gasteiger partial charge in [0.25, 0.3) is 0 Å². The number of hydrogen-bond acceptors (Lipinski definition) is 2. The van der Waals surface area contributed by atoms with Gasteiger partial charge in [0.15, 0.2) is 0 Å². The Morgan fingerprint density at radius 1 is 1.00 bits per heavy atom. The molecule has 0 aliphatic carbocycles. The summed E-state index contributed by atoms with van der Waals surface area (Å²) >= 11 is 3.46. The van der Waals surface area contributed by atoms with Crippen LogP contribution in [0.3, 0.4) is 0 Å². The molecule has 0 bridgehead atoms. The third kappa shape index (κ3) is 3.93. The quantitative estimate of drug-likeness (QED) is 0.785. The summed E-state index contributed by atoms with van der Waals surface area (Å²) in [5, 5.41) is 0.914. The topological polar surface area (TPSA) is 16.1 Å². The lowest BCUT2D eigenvalue weighted by atomic mass is 10.1. The first kappa shape index (κ1) is 13.2. The van der Waals surface area contributed by atoms with Crippen molar-refractivity contribution in [1.29, 1.82) is 0 Å². The molecule has 94 valence electrons. The van der Waals surface area contributed by atoms with E-state index in [1.165, 1.54) is 11.1 Å². The summed E-state index contributed by atoms with van der Waals surface area (Å²) in [5.74, 6) is 0. The van der Waals surface area contributed by atoms with Crippen LogP contribution in [-0.4, -0.2) is 16.9 Å². The summed E-state index contributed by atoms with van der Waals surface area (Å²) in [7, 11) is 2.12. The number of alkyl halides is 1. The third-order valence-electron chi connectivity index (χ3n) is 2.79. The van der Waals surface area contributed by atoms with Crippen molar-refractivity contribution >= 4 is 15.9 Å². The lowest BCUT2D eigenvalue weighted by Gasteiger charge is -2.16. The molecule has 0 N–H and O–H groups in total. The fraction of sp³-hybridized carbons (Fsp3) is 0.267. The zero-order valence-corrected chi connectivity index (χ0v) is 12.1. The second kappa shape index (κ2) is 6.66. The smallest absolute Gasteiger partial charge is 0.0543 e. The fourth-order valence-corrected chi connectivity index (χ4v) is 2.24. The van der Waals surface area contributed by atoms with E-state index in [9.17, 15) is 0 Å². The lowest BCUT2D eigenvalue weighted by molar-refractivity contribution is 0.315. The number of benzene rings is 1. The van der Waals surface area contributed by atoms with Crippen molar-refractivity contribution < 1.29 is 0 Å². The number of nitrogens with zero attached hydrogens (tertiary/aromatic N) is 2. The maximum absolute atomic E-state index is 4.34. The van der Waals surface area contributed by atoms with Gasteiger partial charge in [0.05, 0.1) is 5.69 Å². The second-order valence-electron chi connectivity index (χ2n) is 4.44. The van der Waals surface area contributed by atoms with Crippen LogP contribution in [0.1, 0.15) is 16.8 Å². The van der Waals surface area contributed by atoms with Crippen LogP contribution in [0.25, 0.3) is 0 Å². The zero-order chi connectivity index (χ0) is 12.8. The average molecular weight is 305 g/mol. The molecule has 2 nitrogen and oxygen atoms in total. The van der Waals surface area contributed by atoms with Gasteiger partial charge in [-0.1, -0.05) is 46.3 Å². The molecule has 18 heavy (non-hydrogen) atoms. The van der Waals surface area contributed by atoms with Gasteiger partial charge in [-0.25, -0.2) is 0 Å². The van der Waals surface area contributed by atoms with Gasteiger partial charge in [-0.3, -0.25) is 9.88 Å². The monoisotopic (exact) mass is 304 g/mol. The largest absolute Gasteiger partial charge is 0.296 e. The number of hydrogen-bond donors (Lipinski definition) is 0. The third-order valence-corrected chi connectivity index (χ3v) is 3.44. The van der Waals surface area contributed by atoms with Gasteiger partial charge in [-0.05, 0) is 30.3 Å². The van der Waals surface area contributed by atoms with E-state index in [0.717, 1.165) is 24.1 Å². The normalized spacial score (nSPS) is 10.8. The van der Waals surface area contributed by atoms with Gasteiger partial charge in [0.1, 0.15) is 0 Å². The molecule has 0 radical (unpaired) electrons. The van der Waals surface area contributed by atoms with E-state index in [2.05, 4.69) is 63.2 Å². The van der Waals surface area contributed by atoms with Crippen LogP contribution in [0, 0.1) is 0 Å². The van der Waals surface area contributed by atoms with Gasteiger partial charge < -0.3 is 0 Å². The Morgan fingerprint density at radius 3 is 2.33 bits per heavy atom. The van der Waals surface area contributed by atoms with Gasteiger partial charge >= 0.3 is 0 Å². The van der Waals surface area contributed by atoms with Crippen molar-refractivity contribution in [3.8, 4) is 0 Å². The van der Waals surface area contributed by atoms with Crippen molar-refractivity contribution in [3.05, 3.63) is 65.5 Å². The van der Waals surface area contributed by atoms with Crippen LogP contribution in [-0.2, 0) is 18.4 Å². The zero-order valence-electron chi connectivity index (χ0n) is 10.5. The van der Waals surface area contributed by atoms with Crippen molar-refractivity contribution in [3.63, 3.8) is 0 Å². The first-order valence-corrected chi connectivity index (χ1v) is 7.12. The number of rotatable bonds is 5. The van der Waals surface area contributed by atoms with E-state index < -0.39 is 0 Å². The maximum atomic E-state index is 4.34. The molecule has 0 spiro atoms. The molecule has 1 heterocycles. The molecule has 0 aliphatic rings. The Balaban J connectivity index is 1.92. The van der Waals surface area contributed by atoms with Gasteiger partial charge in [0, 0.05) is 24.6 Å². The second-order valence-corrected chi connectivity index (χ2v) is 5.00. The van der Waals surface area contributed by atoms with Gasteiger partial charge in [-0.15, -0.1) is 0 Å². The summed E-state index contributed by atoms with van der Waals surface area (Å²) < 4.78 is 0. The minimum absolute atomic E-state index is 0.876. The summed E-state index contributed by atoms with van der Waals surface area (Å²) in [6, 6.07) is 14.7. The molecule has 0 saturated heterocycles. The van der Waals surface area contributed by atoms with Crippen LogP contribution >= 0.6 is 15.9 Å². The van der Waals surface area contributed by atoms with Gasteiger partial charge in [0.2, 0.25) is 0 Å². The fourth-order valence-electron chi connectivity index (χ4n) is 1.87. The van der Waals surface area contributed by atoms with Crippen LogP contribution in [0.5, 0.6) is 0 Å².